The van der Waals surface area contributed by atoms with Crippen molar-refractivity contribution in [3.8, 4) is 0 Å². The molecule has 1 saturated heterocycles. The van der Waals surface area contributed by atoms with Gasteiger partial charge in [0, 0.05) is 24.7 Å². The molecule has 2 heterocycles. The molecule has 1 aliphatic heterocycles. The molecular weight excluding hydrogens is 210 g/mol. The molecule has 1 aliphatic rings. The summed E-state index contributed by atoms with van der Waals surface area (Å²) in [7, 11) is 0. The van der Waals surface area contributed by atoms with Crippen molar-refractivity contribution in [1.82, 2.24) is 9.97 Å². The zero-order chi connectivity index (χ0) is 11.7. The van der Waals surface area contributed by atoms with Crippen molar-refractivity contribution in [2.75, 3.05) is 18.0 Å². The first kappa shape index (κ1) is 10.5. The lowest BCUT2D eigenvalue weighted by molar-refractivity contribution is 0.569. The average Bonchev–Trinajstić information content (AvgIpc) is 2.40. The minimum atomic E-state index is 0.891. The van der Waals surface area contributed by atoms with E-state index in [0.29, 0.717) is 0 Å². The molecule has 0 saturated carbocycles. The lowest BCUT2D eigenvalue weighted by Gasteiger charge is -2.26. The van der Waals surface area contributed by atoms with Crippen molar-refractivity contribution in [1.29, 1.82) is 0 Å². The van der Waals surface area contributed by atoms with Gasteiger partial charge in [-0.1, -0.05) is 12.1 Å². The topological polar surface area (TPSA) is 29.0 Å². The highest BCUT2D eigenvalue weighted by Crippen LogP contribution is 2.20. The van der Waals surface area contributed by atoms with Crippen LogP contribution in [0.2, 0.25) is 0 Å². The fourth-order valence-corrected chi connectivity index (χ4v) is 2.44. The quantitative estimate of drug-likeness (QED) is 0.750. The van der Waals surface area contributed by atoms with Gasteiger partial charge in [-0.05, 0) is 37.8 Å². The van der Waals surface area contributed by atoms with E-state index >= 15 is 0 Å². The molecular formula is C14H17N3. The Hall–Kier alpha value is -1.64. The standard InChI is InChI=1S/C14H17N3/c1-11-6-5-7-13-12(11)10-15-14(16-13)17-8-3-2-4-9-17/h5-7,10H,2-4,8-9H2,1H3. The molecule has 0 bridgehead atoms. The zero-order valence-corrected chi connectivity index (χ0v) is 10.2. The normalized spacial score (nSPS) is 16.4. The summed E-state index contributed by atoms with van der Waals surface area (Å²) < 4.78 is 0. The van der Waals surface area contributed by atoms with Gasteiger partial charge in [-0.2, -0.15) is 0 Å². The van der Waals surface area contributed by atoms with Crippen molar-refractivity contribution in [2.45, 2.75) is 26.2 Å². The predicted octanol–water partition coefficient (Wildman–Crippen LogP) is 2.93. The molecule has 0 N–H and O–H groups in total. The predicted molar refractivity (Wildman–Crippen MR) is 70.3 cm³/mol. The van der Waals surface area contributed by atoms with Crippen molar-refractivity contribution in [2.24, 2.45) is 0 Å². The molecule has 88 valence electrons. The van der Waals surface area contributed by atoms with E-state index < -0.39 is 0 Å². The SMILES string of the molecule is Cc1cccc2nc(N3CCCCC3)ncc12. The van der Waals surface area contributed by atoms with Crippen LogP contribution in [-0.4, -0.2) is 23.1 Å². The van der Waals surface area contributed by atoms with Crippen LogP contribution in [0.5, 0.6) is 0 Å². The van der Waals surface area contributed by atoms with Crippen LogP contribution in [0.4, 0.5) is 5.95 Å². The van der Waals surface area contributed by atoms with E-state index in [4.69, 9.17) is 0 Å². The van der Waals surface area contributed by atoms with Crippen molar-refractivity contribution < 1.29 is 0 Å². The molecule has 1 fully saturated rings. The summed E-state index contributed by atoms with van der Waals surface area (Å²) in [5.41, 5.74) is 2.30. The third kappa shape index (κ3) is 1.97. The van der Waals surface area contributed by atoms with Crippen LogP contribution in [0.1, 0.15) is 24.8 Å². The number of nitrogens with zero attached hydrogens (tertiary/aromatic N) is 3. The minimum Gasteiger partial charge on any atom is -0.341 e. The van der Waals surface area contributed by atoms with Gasteiger partial charge in [0.05, 0.1) is 5.52 Å². The highest BCUT2D eigenvalue weighted by Gasteiger charge is 2.13. The number of anilines is 1. The molecule has 1 aromatic carbocycles. The van der Waals surface area contributed by atoms with E-state index in [1.54, 1.807) is 0 Å². The molecule has 0 spiro atoms. The molecule has 3 rings (SSSR count). The Morgan fingerprint density at radius 3 is 2.76 bits per heavy atom. The lowest BCUT2D eigenvalue weighted by atomic mass is 10.1. The maximum Gasteiger partial charge on any atom is 0.225 e. The molecule has 1 aromatic heterocycles. The van der Waals surface area contributed by atoms with Crippen LogP contribution in [-0.2, 0) is 0 Å². The Labute approximate surface area is 101 Å². The van der Waals surface area contributed by atoms with E-state index in [0.717, 1.165) is 29.9 Å². The molecule has 0 atom stereocenters. The highest BCUT2D eigenvalue weighted by molar-refractivity contribution is 5.82. The third-order valence-electron chi connectivity index (χ3n) is 3.47. The molecule has 17 heavy (non-hydrogen) atoms. The van der Waals surface area contributed by atoms with E-state index in [-0.39, 0.29) is 0 Å². The molecule has 0 unspecified atom stereocenters. The van der Waals surface area contributed by atoms with Crippen molar-refractivity contribution in [3.05, 3.63) is 30.0 Å². The van der Waals surface area contributed by atoms with Crippen LogP contribution in [0.3, 0.4) is 0 Å². The Kier molecular flexibility index (Phi) is 2.67. The van der Waals surface area contributed by atoms with Gasteiger partial charge in [-0.15, -0.1) is 0 Å². The summed E-state index contributed by atoms with van der Waals surface area (Å²) >= 11 is 0. The molecule has 0 amide bonds. The first-order valence-electron chi connectivity index (χ1n) is 6.32. The number of hydrogen-bond donors (Lipinski definition) is 0. The summed E-state index contributed by atoms with van der Waals surface area (Å²) in [5.74, 6) is 0.891. The minimum absolute atomic E-state index is 0.891. The number of piperidine rings is 1. The van der Waals surface area contributed by atoms with Crippen LogP contribution in [0, 0.1) is 6.92 Å². The van der Waals surface area contributed by atoms with E-state index in [9.17, 15) is 0 Å². The maximum absolute atomic E-state index is 4.67. The maximum atomic E-state index is 4.67. The smallest absolute Gasteiger partial charge is 0.225 e. The number of hydrogen-bond acceptors (Lipinski definition) is 3. The second kappa shape index (κ2) is 4.32. The number of rotatable bonds is 1. The Balaban J connectivity index is 2.01. The summed E-state index contributed by atoms with van der Waals surface area (Å²) in [6.07, 6.45) is 5.81. The van der Waals surface area contributed by atoms with Crippen molar-refractivity contribution >= 4 is 16.9 Å². The van der Waals surface area contributed by atoms with Gasteiger partial charge in [-0.25, -0.2) is 9.97 Å². The molecule has 0 aliphatic carbocycles. The second-order valence-corrected chi connectivity index (χ2v) is 4.73. The van der Waals surface area contributed by atoms with Gasteiger partial charge in [-0.3, -0.25) is 0 Å². The number of aryl methyl sites for hydroxylation is 1. The molecule has 2 aromatic rings. The molecule has 3 nitrogen and oxygen atoms in total. The average molecular weight is 227 g/mol. The van der Waals surface area contributed by atoms with Crippen LogP contribution in [0.15, 0.2) is 24.4 Å². The van der Waals surface area contributed by atoms with Gasteiger partial charge >= 0.3 is 0 Å². The first-order chi connectivity index (χ1) is 8.34. The first-order valence-corrected chi connectivity index (χ1v) is 6.32. The second-order valence-electron chi connectivity index (χ2n) is 4.73. The van der Waals surface area contributed by atoms with Gasteiger partial charge in [0.25, 0.3) is 0 Å². The summed E-state index contributed by atoms with van der Waals surface area (Å²) in [4.78, 5) is 11.5. The molecule has 3 heteroatoms. The number of benzene rings is 1. The lowest BCUT2D eigenvalue weighted by Crippen LogP contribution is -2.30. The Morgan fingerprint density at radius 2 is 1.94 bits per heavy atom. The Bertz CT molecular complexity index is 530. The fourth-order valence-electron chi connectivity index (χ4n) is 2.44. The van der Waals surface area contributed by atoms with Gasteiger partial charge < -0.3 is 4.90 Å². The number of fused-ring (bicyclic) bond motifs is 1. The summed E-state index contributed by atoms with van der Waals surface area (Å²) in [5, 5.41) is 1.16. The largest absolute Gasteiger partial charge is 0.341 e. The van der Waals surface area contributed by atoms with E-state index in [1.807, 2.05) is 6.20 Å². The van der Waals surface area contributed by atoms with Crippen LogP contribution >= 0.6 is 0 Å². The molecule has 0 radical (unpaired) electrons. The van der Waals surface area contributed by atoms with Gasteiger partial charge in [0.2, 0.25) is 5.95 Å². The van der Waals surface area contributed by atoms with Crippen LogP contribution in [0.25, 0.3) is 10.9 Å². The fraction of sp³-hybridized carbons (Fsp3) is 0.429. The van der Waals surface area contributed by atoms with Gasteiger partial charge in [0.1, 0.15) is 0 Å². The number of aromatic nitrogens is 2. The van der Waals surface area contributed by atoms with E-state index in [2.05, 4.69) is 40.0 Å². The Morgan fingerprint density at radius 1 is 1.12 bits per heavy atom. The monoisotopic (exact) mass is 227 g/mol. The van der Waals surface area contributed by atoms with Gasteiger partial charge in [0.15, 0.2) is 0 Å². The van der Waals surface area contributed by atoms with E-state index in [1.165, 1.54) is 24.8 Å². The summed E-state index contributed by atoms with van der Waals surface area (Å²) in [6, 6.07) is 6.23. The van der Waals surface area contributed by atoms with Crippen molar-refractivity contribution in [3.63, 3.8) is 0 Å². The zero-order valence-electron chi connectivity index (χ0n) is 10.2. The van der Waals surface area contributed by atoms with Crippen LogP contribution < -0.4 is 4.90 Å². The summed E-state index contributed by atoms with van der Waals surface area (Å²) in [6.45, 7) is 4.29. The highest BCUT2D eigenvalue weighted by atomic mass is 15.2. The third-order valence-corrected chi connectivity index (χ3v) is 3.47.